The lowest BCUT2D eigenvalue weighted by Gasteiger charge is -2.11. The van der Waals surface area contributed by atoms with Crippen molar-refractivity contribution >= 4 is 22.5 Å². The molecule has 0 atom stereocenters. The van der Waals surface area contributed by atoms with Crippen LogP contribution in [0.25, 0.3) is 22.5 Å². The standard InChI is InChI=1S/C23H21F3N4O2/c1-14(2)11-21-28-29-22(32-21)19-12-15-5-3-4-6-18(15)30(19)13-20(31)27-17-9-7-16(8-10-17)23(24,25)26/h3-10,12,14H,11,13H2,1-2H3,(H,27,31). The maximum Gasteiger partial charge on any atom is 0.416 e. The molecule has 0 saturated heterocycles. The van der Waals surface area contributed by atoms with Crippen LogP contribution in [-0.2, 0) is 23.9 Å². The van der Waals surface area contributed by atoms with Gasteiger partial charge in [-0.1, -0.05) is 32.0 Å². The number of anilines is 1. The first-order valence-electron chi connectivity index (χ1n) is 10.1. The summed E-state index contributed by atoms with van der Waals surface area (Å²) in [5.74, 6) is 0.776. The van der Waals surface area contributed by atoms with E-state index in [4.69, 9.17) is 4.42 Å². The molecule has 1 N–H and O–H groups in total. The Morgan fingerprint density at radius 1 is 1.09 bits per heavy atom. The Hall–Kier alpha value is -3.62. The Morgan fingerprint density at radius 2 is 1.81 bits per heavy atom. The minimum Gasteiger partial charge on any atom is -0.419 e. The number of hydrogen-bond donors (Lipinski definition) is 1. The van der Waals surface area contributed by atoms with Gasteiger partial charge in [0.25, 0.3) is 5.89 Å². The highest BCUT2D eigenvalue weighted by Gasteiger charge is 2.30. The maximum atomic E-state index is 12.7. The second-order valence-electron chi connectivity index (χ2n) is 7.90. The maximum absolute atomic E-state index is 12.7. The van der Waals surface area contributed by atoms with Crippen LogP contribution in [-0.4, -0.2) is 20.7 Å². The van der Waals surface area contributed by atoms with Crippen LogP contribution in [0.4, 0.5) is 18.9 Å². The number of carbonyl (C=O) groups is 1. The molecule has 4 aromatic rings. The van der Waals surface area contributed by atoms with E-state index >= 15 is 0 Å². The lowest BCUT2D eigenvalue weighted by molar-refractivity contribution is -0.137. The number of rotatable bonds is 6. The molecule has 0 aliphatic heterocycles. The third-order valence-electron chi connectivity index (χ3n) is 4.88. The minimum absolute atomic E-state index is 0.0776. The summed E-state index contributed by atoms with van der Waals surface area (Å²) in [7, 11) is 0. The van der Waals surface area contributed by atoms with Crippen LogP contribution in [0.5, 0.6) is 0 Å². The van der Waals surface area contributed by atoms with Gasteiger partial charge in [-0.3, -0.25) is 4.79 Å². The normalized spacial score (nSPS) is 11.9. The van der Waals surface area contributed by atoms with Crippen molar-refractivity contribution in [2.24, 2.45) is 5.92 Å². The minimum atomic E-state index is -4.43. The van der Waals surface area contributed by atoms with Crippen LogP contribution in [0, 0.1) is 5.92 Å². The SMILES string of the molecule is CC(C)Cc1nnc(-c2cc3ccccc3n2CC(=O)Nc2ccc(C(F)(F)F)cc2)o1. The van der Waals surface area contributed by atoms with Gasteiger partial charge < -0.3 is 14.3 Å². The first-order chi connectivity index (χ1) is 15.2. The molecule has 0 fully saturated rings. The molecule has 0 saturated carbocycles. The molecule has 6 nitrogen and oxygen atoms in total. The Kier molecular flexibility index (Phi) is 5.73. The molecule has 0 aliphatic carbocycles. The molecule has 4 rings (SSSR count). The van der Waals surface area contributed by atoms with Gasteiger partial charge in [0.15, 0.2) is 0 Å². The second kappa shape index (κ2) is 8.49. The molecule has 1 amide bonds. The van der Waals surface area contributed by atoms with Gasteiger partial charge in [0.05, 0.1) is 5.56 Å². The van der Waals surface area contributed by atoms with E-state index in [1.807, 2.05) is 44.2 Å². The van der Waals surface area contributed by atoms with Gasteiger partial charge in [-0.15, -0.1) is 10.2 Å². The second-order valence-corrected chi connectivity index (χ2v) is 7.90. The molecule has 32 heavy (non-hydrogen) atoms. The number of alkyl halides is 3. The fourth-order valence-corrected chi connectivity index (χ4v) is 3.43. The number of amides is 1. The van der Waals surface area contributed by atoms with Gasteiger partial charge in [-0.05, 0) is 42.3 Å². The molecule has 9 heteroatoms. The van der Waals surface area contributed by atoms with Gasteiger partial charge in [0.2, 0.25) is 11.8 Å². The van der Waals surface area contributed by atoms with Gasteiger partial charge >= 0.3 is 6.18 Å². The molecule has 0 radical (unpaired) electrons. The topological polar surface area (TPSA) is 73.0 Å². The highest BCUT2D eigenvalue weighted by molar-refractivity contribution is 5.93. The van der Waals surface area contributed by atoms with E-state index in [9.17, 15) is 18.0 Å². The number of para-hydroxylation sites is 1. The molecule has 166 valence electrons. The Morgan fingerprint density at radius 3 is 2.50 bits per heavy atom. The van der Waals surface area contributed by atoms with Crippen LogP contribution in [0.2, 0.25) is 0 Å². The van der Waals surface area contributed by atoms with Gasteiger partial charge in [0, 0.05) is 23.0 Å². The Bertz CT molecular complexity index is 1240. The number of nitrogens with one attached hydrogen (secondary N) is 1. The van der Waals surface area contributed by atoms with Crippen LogP contribution in [0.3, 0.4) is 0 Å². The van der Waals surface area contributed by atoms with Crippen LogP contribution in [0.15, 0.2) is 59.0 Å². The van der Waals surface area contributed by atoms with Crippen molar-refractivity contribution in [3.8, 4) is 11.6 Å². The zero-order chi connectivity index (χ0) is 22.9. The molecule has 2 aromatic heterocycles. The van der Waals surface area contributed by atoms with E-state index in [1.54, 1.807) is 4.57 Å². The molecule has 0 spiro atoms. The quantitative estimate of drug-likeness (QED) is 0.425. The van der Waals surface area contributed by atoms with Crippen LogP contribution < -0.4 is 5.32 Å². The summed E-state index contributed by atoms with van der Waals surface area (Å²) in [6, 6.07) is 13.7. The van der Waals surface area contributed by atoms with Crippen LogP contribution in [0.1, 0.15) is 25.3 Å². The van der Waals surface area contributed by atoms with Gasteiger partial charge in [-0.2, -0.15) is 13.2 Å². The zero-order valence-corrected chi connectivity index (χ0v) is 17.5. The number of fused-ring (bicyclic) bond motifs is 1. The van der Waals surface area contributed by atoms with Crippen molar-refractivity contribution in [1.82, 2.24) is 14.8 Å². The van der Waals surface area contributed by atoms with Crippen molar-refractivity contribution in [2.75, 3.05) is 5.32 Å². The first-order valence-corrected chi connectivity index (χ1v) is 10.1. The lowest BCUT2D eigenvalue weighted by Crippen LogP contribution is -2.19. The molecule has 0 bridgehead atoms. The summed E-state index contributed by atoms with van der Waals surface area (Å²) in [6.07, 6.45) is -3.79. The summed E-state index contributed by atoms with van der Waals surface area (Å²) in [5, 5.41) is 11.8. The van der Waals surface area contributed by atoms with E-state index in [-0.39, 0.29) is 12.2 Å². The predicted octanol–water partition coefficient (Wildman–Crippen LogP) is 5.55. The van der Waals surface area contributed by atoms with E-state index in [2.05, 4.69) is 15.5 Å². The van der Waals surface area contributed by atoms with Crippen molar-refractivity contribution in [2.45, 2.75) is 33.0 Å². The molecular formula is C23H21F3N4O2. The highest BCUT2D eigenvalue weighted by atomic mass is 19.4. The molecule has 2 aromatic carbocycles. The van der Waals surface area contributed by atoms with Crippen molar-refractivity contribution in [3.63, 3.8) is 0 Å². The predicted molar refractivity (Wildman–Crippen MR) is 114 cm³/mol. The molecule has 2 heterocycles. The number of nitrogens with zero attached hydrogens (tertiary/aromatic N) is 3. The third-order valence-corrected chi connectivity index (χ3v) is 4.88. The smallest absolute Gasteiger partial charge is 0.416 e. The highest BCUT2D eigenvalue weighted by Crippen LogP contribution is 2.30. The molecule has 0 aliphatic rings. The lowest BCUT2D eigenvalue weighted by atomic mass is 10.1. The summed E-state index contributed by atoms with van der Waals surface area (Å²) < 4.78 is 45.8. The van der Waals surface area contributed by atoms with Crippen molar-refractivity contribution in [1.29, 1.82) is 0 Å². The number of hydrogen-bond acceptors (Lipinski definition) is 4. The van der Waals surface area contributed by atoms with E-state index in [0.717, 1.165) is 23.0 Å². The largest absolute Gasteiger partial charge is 0.419 e. The summed E-state index contributed by atoms with van der Waals surface area (Å²) in [5.41, 5.74) is 0.894. The molecular weight excluding hydrogens is 421 g/mol. The molecule has 0 unspecified atom stereocenters. The summed E-state index contributed by atoms with van der Waals surface area (Å²) >= 11 is 0. The number of aromatic nitrogens is 3. The summed E-state index contributed by atoms with van der Waals surface area (Å²) in [6.45, 7) is 4.02. The monoisotopic (exact) mass is 442 g/mol. The fraction of sp³-hybridized carbons (Fsp3) is 0.261. The van der Waals surface area contributed by atoms with E-state index in [0.29, 0.717) is 29.8 Å². The Labute approximate surface area is 182 Å². The van der Waals surface area contributed by atoms with Crippen molar-refractivity contribution in [3.05, 3.63) is 66.1 Å². The first kappa shape index (κ1) is 21.6. The summed E-state index contributed by atoms with van der Waals surface area (Å²) in [4.78, 5) is 12.7. The number of benzene rings is 2. The van der Waals surface area contributed by atoms with Gasteiger partial charge in [0.1, 0.15) is 12.2 Å². The van der Waals surface area contributed by atoms with E-state index in [1.165, 1.54) is 12.1 Å². The van der Waals surface area contributed by atoms with Crippen LogP contribution >= 0.6 is 0 Å². The zero-order valence-electron chi connectivity index (χ0n) is 17.5. The number of carbonyl (C=O) groups excluding carboxylic acids is 1. The average Bonchev–Trinajstić information content (AvgIpc) is 3.32. The average molecular weight is 442 g/mol. The Balaban J connectivity index is 1.60. The third kappa shape index (κ3) is 4.66. The van der Waals surface area contributed by atoms with E-state index < -0.39 is 17.6 Å². The number of halogens is 3. The van der Waals surface area contributed by atoms with Gasteiger partial charge in [-0.25, -0.2) is 0 Å². The van der Waals surface area contributed by atoms with Crippen molar-refractivity contribution < 1.29 is 22.4 Å². The fourth-order valence-electron chi connectivity index (χ4n) is 3.43.